The van der Waals surface area contributed by atoms with Gasteiger partial charge in [0, 0.05) is 21.8 Å². The van der Waals surface area contributed by atoms with Crippen LogP contribution in [0.1, 0.15) is 23.6 Å². The van der Waals surface area contributed by atoms with Crippen LogP contribution in [0, 0.1) is 6.92 Å². The van der Waals surface area contributed by atoms with E-state index >= 15 is 0 Å². The molecule has 0 saturated carbocycles. The third-order valence-corrected chi connectivity index (χ3v) is 5.07. The third-order valence-electron chi connectivity index (χ3n) is 4.19. The Kier molecular flexibility index (Phi) is 7.43. The average molecular weight is 449 g/mol. The number of ether oxygens (including phenoxy) is 2. The van der Waals surface area contributed by atoms with E-state index in [2.05, 4.69) is 4.99 Å². The Morgan fingerprint density at radius 2 is 1.72 bits per heavy atom. The van der Waals surface area contributed by atoms with Gasteiger partial charge in [-0.15, -0.1) is 0 Å². The molecule has 29 heavy (non-hydrogen) atoms. The van der Waals surface area contributed by atoms with Crippen molar-refractivity contribution in [1.82, 2.24) is 0 Å². The zero-order valence-electron chi connectivity index (χ0n) is 16.1. The number of hydrogen-bond donors (Lipinski definition) is 0. The molecule has 0 N–H and O–H groups in total. The lowest BCUT2D eigenvalue weighted by molar-refractivity contribution is 0.269. The van der Waals surface area contributed by atoms with E-state index in [-0.39, 0.29) is 6.61 Å². The summed E-state index contributed by atoms with van der Waals surface area (Å²) in [6.45, 7) is 4.65. The van der Waals surface area contributed by atoms with Crippen LogP contribution in [0.15, 0.2) is 59.6 Å². The second-order valence-corrected chi connectivity index (χ2v) is 7.58. The van der Waals surface area contributed by atoms with Gasteiger partial charge < -0.3 is 9.47 Å². The molecule has 0 spiro atoms. The van der Waals surface area contributed by atoms with Crippen molar-refractivity contribution in [3.63, 3.8) is 0 Å². The molecule has 150 valence electrons. The van der Waals surface area contributed by atoms with Crippen molar-refractivity contribution in [3.05, 3.63) is 86.4 Å². The molecule has 0 fully saturated rings. The Bertz CT molecular complexity index is 1030. The molecule has 0 aliphatic heterocycles. The Balaban J connectivity index is 1.86. The van der Waals surface area contributed by atoms with Crippen LogP contribution >= 0.6 is 34.8 Å². The van der Waals surface area contributed by atoms with Crippen LogP contribution in [0.2, 0.25) is 15.1 Å². The van der Waals surface area contributed by atoms with Crippen molar-refractivity contribution in [3.8, 4) is 11.5 Å². The Labute approximate surface area is 185 Å². The molecule has 3 aromatic carbocycles. The van der Waals surface area contributed by atoms with E-state index in [9.17, 15) is 0 Å². The van der Waals surface area contributed by atoms with Crippen molar-refractivity contribution in [2.45, 2.75) is 20.5 Å². The van der Waals surface area contributed by atoms with Crippen molar-refractivity contribution < 1.29 is 9.47 Å². The van der Waals surface area contributed by atoms with Crippen LogP contribution in [-0.2, 0) is 6.61 Å². The number of halogens is 3. The molecule has 0 amide bonds. The SMILES string of the molecule is CCOc1cc(C=Nc2cc(Cl)ccc2C)cc(Cl)c1OCc1ccccc1Cl. The van der Waals surface area contributed by atoms with Crippen LogP contribution in [-0.4, -0.2) is 12.8 Å². The molecule has 3 nitrogen and oxygen atoms in total. The molecule has 0 aliphatic rings. The van der Waals surface area contributed by atoms with E-state index in [4.69, 9.17) is 44.3 Å². The van der Waals surface area contributed by atoms with Crippen molar-refractivity contribution >= 4 is 46.7 Å². The fourth-order valence-corrected chi connectivity index (χ4v) is 3.33. The first-order valence-electron chi connectivity index (χ1n) is 9.10. The predicted molar refractivity (Wildman–Crippen MR) is 122 cm³/mol. The van der Waals surface area contributed by atoms with E-state index in [1.165, 1.54) is 0 Å². The topological polar surface area (TPSA) is 30.8 Å². The summed E-state index contributed by atoms with van der Waals surface area (Å²) in [4.78, 5) is 4.53. The van der Waals surface area contributed by atoms with Gasteiger partial charge in [0.1, 0.15) is 6.61 Å². The first kappa shape index (κ1) is 21.5. The number of nitrogens with zero attached hydrogens (tertiary/aromatic N) is 1. The molecular weight excluding hydrogens is 429 g/mol. The van der Waals surface area contributed by atoms with E-state index in [0.29, 0.717) is 33.2 Å². The molecule has 0 aromatic heterocycles. The van der Waals surface area contributed by atoms with E-state index in [1.807, 2.05) is 62.4 Å². The van der Waals surface area contributed by atoms with Crippen LogP contribution in [0.3, 0.4) is 0 Å². The first-order valence-corrected chi connectivity index (χ1v) is 10.2. The minimum absolute atomic E-state index is 0.286. The van der Waals surface area contributed by atoms with Gasteiger partial charge in [-0.05, 0) is 55.3 Å². The highest BCUT2D eigenvalue weighted by Gasteiger charge is 2.13. The second-order valence-electron chi connectivity index (χ2n) is 6.33. The summed E-state index contributed by atoms with van der Waals surface area (Å²) in [6, 6.07) is 16.7. The normalized spacial score (nSPS) is 11.1. The van der Waals surface area contributed by atoms with Crippen molar-refractivity contribution in [1.29, 1.82) is 0 Å². The lowest BCUT2D eigenvalue weighted by Gasteiger charge is -2.15. The van der Waals surface area contributed by atoms with E-state index in [1.54, 1.807) is 12.3 Å². The van der Waals surface area contributed by atoms with Gasteiger partial charge in [0.15, 0.2) is 11.5 Å². The van der Waals surface area contributed by atoms with Gasteiger partial charge in [-0.2, -0.15) is 0 Å². The van der Waals surface area contributed by atoms with Crippen LogP contribution in [0.4, 0.5) is 5.69 Å². The summed E-state index contributed by atoms with van der Waals surface area (Å²) in [6.07, 6.45) is 1.73. The highest BCUT2D eigenvalue weighted by atomic mass is 35.5. The number of aliphatic imine (C=N–C) groups is 1. The summed E-state index contributed by atoms with van der Waals surface area (Å²) in [5, 5.41) is 1.72. The lowest BCUT2D eigenvalue weighted by atomic mass is 10.2. The van der Waals surface area contributed by atoms with Gasteiger partial charge in [0.25, 0.3) is 0 Å². The van der Waals surface area contributed by atoms with Crippen LogP contribution in [0.5, 0.6) is 11.5 Å². The minimum Gasteiger partial charge on any atom is -0.490 e. The van der Waals surface area contributed by atoms with Gasteiger partial charge in [-0.3, -0.25) is 4.99 Å². The molecule has 6 heteroatoms. The first-order chi connectivity index (χ1) is 14.0. The van der Waals surface area contributed by atoms with Gasteiger partial charge in [-0.1, -0.05) is 59.1 Å². The molecule has 3 rings (SSSR count). The number of rotatable bonds is 7. The number of hydrogen-bond acceptors (Lipinski definition) is 3. The molecule has 0 atom stereocenters. The highest BCUT2D eigenvalue weighted by Crippen LogP contribution is 2.37. The zero-order chi connectivity index (χ0) is 20.8. The summed E-state index contributed by atoms with van der Waals surface area (Å²) < 4.78 is 11.7. The maximum atomic E-state index is 6.49. The van der Waals surface area contributed by atoms with Crippen molar-refractivity contribution in [2.75, 3.05) is 6.61 Å². The van der Waals surface area contributed by atoms with E-state index in [0.717, 1.165) is 22.4 Å². The molecule has 0 aliphatic carbocycles. The maximum absolute atomic E-state index is 6.49. The Hall–Kier alpha value is -2.20. The molecule has 0 heterocycles. The minimum atomic E-state index is 0.286. The molecular formula is C23H20Cl3NO2. The fourth-order valence-electron chi connectivity index (χ4n) is 2.70. The highest BCUT2D eigenvalue weighted by molar-refractivity contribution is 6.32. The van der Waals surface area contributed by atoms with Crippen LogP contribution in [0.25, 0.3) is 0 Å². The van der Waals surface area contributed by atoms with Crippen molar-refractivity contribution in [2.24, 2.45) is 4.99 Å². The smallest absolute Gasteiger partial charge is 0.180 e. The zero-order valence-corrected chi connectivity index (χ0v) is 18.4. The predicted octanol–water partition coefficient (Wildman–Crippen LogP) is 7.68. The summed E-state index contributed by atoms with van der Waals surface area (Å²) in [5.74, 6) is 1.03. The number of benzene rings is 3. The van der Waals surface area contributed by atoms with Gasteiger partial charge in [0.2, 0.25) is 0 Å². The third kappa shape index (κ3) is 5.66. The molecule has 0 unspecified atom stereocenters. The second kappa shape index (κ2) is 10.0. The largest absolute Gasteiger partial charge is 0.490 e. The lowest BCUT2D eigenvalue weighted by Crippen LogP contribution is -2.01. The molecule has 0 bridgehead atoms. The fraction of sp³-hybridized carbons (Fsp3) is 0.174. The standard InChI is InChI=1S/C23H20Cl3NO2/c1-3-28-22-11-16(13-27-21-12-18(24)9-8-15(21)2)10-20(26)23(22)29-14-17-6-4-5-7-19(17)25/h4-13H,3,14H2,1-2H3. The quantitative estimate of drug-likeness (QED) is 0.347. The maximum Gasteiger partial charge on any atom is 0.180 e. The molecule has 0 radical (unpaired) electrons. The number of aryl methyl sites for hydroxylation is 1. The monoisotopic (exact) mass is 447 g/mol. The summed E-state index contributed by atoms with van der Waals surface area (Å²) in [5.41, 5.74) is 3.49. The van der Waals surface area contributed by atoms with Crippen LogP contribution < -0.4 is 9.47 Å². The Morgan fingerprint density at radius 3 is 2.48 bits per heavy atom. The average Bonchev–Trinajstić information content (AvgIpc) is 2.69. The summed E-state index contributed by atoms with van der Waals surface area (Å²) >= 11 is 18.8. The molecule has 0 saturated heterocycles. The van der Waals surface area contributed by atoms with E-state index < -0.39 is 0 Å². The Morgan fingerprint density at radius 1 is 0.931 bits per heavy atom. The van der Waals surface area contributed by atoms with Gasteiger partial charge in [-0.25, -0.2) is 0 Å². The molecule has 3 aromatic rings. The van der Waals surface area contributed by atoms with Gasteiger partial charge in [0.05, 0.1) is 17.3 Å². The van der Waals surface area contributed by atoms with Gasteiger partial charge >= 0.3 is 0 Å². The summed E-state index contributed by atoms with van der Waals surface area (Å²) in [7, 11) is 0.